The number of furan rings is 2. The molecule has 0 saturated heterocycles. The van der Waals surface area contributed by atoms with Crippen LogP contribution >= 0.6 is 11.6 Å². The lowest BCUT2D eigenvalue weighted by Crippen LogP contribution is -2.11. The first-order chi connectivity index (χ1) is 31.1. The third kappa shape index (κ3) is 6.39. The summed E-state index contributed by atoms with van der Waals surface area (Å²) in [7, 11) is 0. The van der Waals surface area contributed by atoms with E-state index in [0.717, 1.165) is 105 Å². The van der Waals surface area contributed by atoms with Crippen LogP contribution < -0.4 is 9.80 Å². The first-order valence-corrected chi connectivity index (χ1v) is 21.5. The normalized spacial score (nSPS) is 11.6. The van der Waals surface area contributed by atoms with Gasteiger partial charge in [0.05, 0.1) is 16.8 Å². The molecule has 10 aromatic carbocycles. The van der Waals surface area contributed by atoms with Crippen molar-refractivity contribution in [2.24, 2.45) is 0 Å². The van der Waals surface area contributed by atoms with Crippen molar-refractivity contribution < 1.29 is 8.83 Å². The van der Waals surface area contributed by atoms with Crippen LogP contribution in [-0.4, -0.2) is 0 Å². The zero-order valence-electron chi connectivity index (χ0n) is 34.0. The number of fused-ring (bicyclic) bond motifs is 8. The number of anilines is 6. The van der Waals surface area contributed by atoms with Crippen LogP contribution in [0.3, 0.4) is 0 Å². The Kier molecular flexibility index (Phi) is 8.84. The zero-order valence-corrected chi connectivity index (χ0v) is 34.7. The molecule has 0 bridgehead atoms. The van der Waals surface area contributed by atoms with Crippen molar-refractivity contribution in [2.75, 3.05) is 9.80 Å². The maximum atomic E-state index is 7.12. The summed E-state index contributed by atoms with van der Waals surface area (Å²) in [6.45, 7) is 0. The third-order valence-electron chi connectivity index (χ3n) is 12.1. The van der Waals surface area contributed by atoms with E-state index in [-0.39, 0.29) is 0 Å². The quantitative estimate of drug-likeness (QED) is 0.153. The van der Waals surface area contributed by atoms with E-state index in [1.54, 1.807) is 0 Å². The molecule has 12 rings (SSSR count). The second-order valence-electron chi connectivity index (χ2n) is 15.8. The molecular formula is C58H37ClN2O2. The Morgan fingerprint density at radius 3 is 1.44 bits per heavy atom. The van der Waals surface area contributed by atoms with Crippen molar-refractivity contribution in [2.45, 2.75) is 0 Å². The summed E-state index contributed by atoms with van der Waals surface area (Å²) in [5.74, 6) is 0. The van der Waals surface area contributed by atoms with E-state index in [4.69, 9.17) is 20.4 Å². The predicted molar refractivity (Wildman–Crippen MR) is 264 cm³/mol. The molecule has 0 aliphatic carbocycles. The predicted octanol–water partition coefficient (Wildman–Crippen LogP) is 17.6. The first kappa shape index (κ1) is 36.8. The Morgan fingerprint density at radius 1 is 0.302 bits per heavy atom. The first-order valence-electron chi connectivity index (χ1n) is 21.1. The van der Waals surface area contributed by atoms with Crippen LogP contribution in [0.5, 0.6) is 0 Å². The summed E-state index contributed by atoms with van der Waals surface area (Å²) in [5, 5.41) is 6.73. The topological polar surface area (TPSA) is 32.8 Å². The molecule has 12 aromatic rings. The van der Waals surface area contributed by atoms with Crippen LogP contribution in [0.2, 0.25) is 5.02 Å². The van der Waals surface area contributed by atoms with Crippen LogP contribution in [0, 0.1) is 0 Å². The largest absolute Gasteiger partial charge is 0.456 e. The lowest BCUT2D eigenvalue weighted by Gasteiger charge is -2.28. The molecule has 0 N–H and O–H groups in total. The summed E-state index contributed by atoms with van der Waals surface area (Å²) >= 11 is 7.12. The van der Waals surface area contributed by atoms with Crippen LogP contribution in [0.1, 0.15) is 0 Å². The zero-order chi connectivity index (χ0) is 41.9. The van der Waals surface area contributed by atoms with Crippen molar-refractivity contribution in [3.8, 4) is 22.3 Å². The molecule has 5 heteroatoms. The van der Waals surface area contributed by atoms with Gasteiger partial charge in [-0.3, -0.25) is 0 Å². The monoisotopic (exact) mass is 828 g/mol. The van der Waals surface area contributed by atoms with Gasteiger partial charge in [-0.05, 0) is 95.1 Å². The van der Waals surface area contributed by atoms with Gasteiger partial charge in [-0.2, -0.15) is 0 Å². The molecular weight excluding hydrogens is 792 g/mol. The molecule has 2 heterocycles. The number of hydrogen-bond donors (Lipinski definition) is 0. The summed E-state index contributed by atoms with van der Waals surface area (Å²) in [5.41, 5.74) is 13.8. The molecule has 0 saturated carbocycles. The summed E-state index contributed by atoms with van der Waals surface area (Å²) < 4.78 is 13.3. The molecule has 0 unspecified atom stereocenters. The Balaban J connectivity index is 1.11. The van der Waals surface area contributed by atoms with E-state index in [1.807, 2.05) is 30.3 Å². The van der Waals surface area contributed by atoms with Crippen LogP contribution in [0.15, 0.2) is 233 Å². The van der Waals surface area contributed by atoms with Crippen molar-refractivity contribution in [3.05, 3.63) is 229 Å². The molecule has 4 nitrogen and oxygen atoms in total. The van der Waals surface area contributed by atoms with Gasteiger partial charge in [0.25, 0.3) is 0 Å². The van der Waals surface area contributed by atoms with Gasteiger partial charge in [0.1, 0.15) is 22.3 Å². The van der Waals surface area contributed by atoms with Gasteiger partial charge < -0.3 is 18.6 Å². The number of rotatable bonds is 8. The summed E-state index contributed by atoms with van der Waals surface area (Å²) in [6, 6.07) is 78.6. The fraction of sp³-hybridized carbons (Fsp3) is 0. The summed E-state index contributed by atoms with van der Waals surface area (Å²) in [6.07, 6.45) is 0. The van der Waals surface area contributed by atoms with Gasteiger partial charge in [0.15, 0.2) is 0 Å². The SMILES string of the molecule is Clc1cc(N(c2ccc(-c3ccccc3)cc2)c2ccc(-c3ccccc3)cc2)c2c(c1)oc1c3ccccc3c(N(c3ccccc3)c3ccc4oc5ccccc5c4c3)cc12. The van der Waals surface area contributed by atoms with Crippen LogP contribution in [0.25, 0.3) is 76.9 Å². The van der Waals surface area contributed by atoms with E-state index in [9.17, 15) is 0 Å². The number of benzene rings is 10. The molecule has 298 valence electrons. The molecule has 0 aliphatic rings. The standard InChI is InChI=1S/C58H37ClN2O2/c59-42-34-53(60(44-28-24-40(25-29-44)38-14-4-1-5-15-38)45-30-26-41(27-31-45)39-16-6-2-7-17-39)57-51-37-52(47-20-10-11-22-49(47)58(51)63-56(57)35-42)61(43-18-8-3-9-19-43)46-32-33-55-50(36-46)48-21-12-13-23-54(48)62-55/h1-37H. The van der Waals surface area contributed by atoms with Crippen molar-refractivity contribution in [3.63, 3.8) is 0 Å². The smallest absolute Gasteiger partial charge is 0.143 e. The minimum atomic E-state index is 0.583. The van der Waals surface area contributed by atoms with E-state index in [1.165, 1.54) is 0 Å². The van der Waals surface area contributed by atoms with Crippen molar-refractivity contribution in [1.82, 2.24) is 0 Å². The number of hydrogen-bond acceptors (Lipinski definition) is 4. The number of para-hydroxylation sites is 2. The van der Waals surface area contributed by atoms with Gasteiger partial charge in [-0.15, -0.1) is 0 Å². The highest BCUT2D eigenvalue weighted by Gasteiger charge is 2.25. The lowest BCUT2D eigenvalue weighted by atomic mass is 10.00. The molecule has 2 aromatic heterocycles. The second kappa shape index (κ2) is 15.1. The lowest BCUT2D eigenvalue weighted by molar-refractivity contribution is 0.669. The molecule has 0 radical (unpaired) electrons. The van der Waals surface area contributed by atoms with E-state index in [0.29, 0.717) is 10.6 Å². The number of halogens is 1. The van der Waals surface area contributed by atoms with Gasteiger partial charge in [0.2, 0.25) is 0 Å². The number of nitrogens with zero attached hydrogens (tertiary/aromatic N) is 2. The Hall–Kier alpha value is -8.05. The Morgan fingerprint density at radius 2 is 0.794 bits per heavy atom. The van der Waals surface area contributed by atoms with Crippen LogP contribution in [-0.2, 0) is 0 Å². The maximum Gasteiger partial charge on any atom is 0.143 e. The maximum absolute atomic E-state index is 7.12. The molecule has 0 aliphatic heterocycles. The minimum absolute atomic E-state index is 0.583. The fourth-order valence-electron chi connectivity index (χ4n) is 9.17. The molecule has 0 fully saturated rings. The highest BCUT2D eigenvalue weighted by Crippen LogP contribution is 2.50. The third-order valence-corrected chi connectivity index (χ3v) is 12.3. The highest BCUT2D eigenvalue weighted by atomic mass is 35.5. The average Bonchev–Trinajstić information content (AvgIpc) is 3.91. The second-order valence-corrected chi connectivity index (χ2v) is 16.3. The average molecular weight is 829 g/mol. The molecule has 0 amide bonds. The van der Waals surface area contributed by atoms with Gasteiger partial charge >= 0.3 is 0 Å². The van der Waals surface area contributed by atoms with E-state index in [2.05, 4.69) is 204 Å². The van der Waals surface area contributed by atoms with Crippen molar-refractivity contribution in [1.29, 1.82) is 0 Å². The van der Waals surface area contributed by atoms with Gasteiger partial charge in [-0.25, -0.2) is 0 Å². The highest BCUT2D eigenvalue weighted by molar-refractivity contribution is 6.33. The molecule has 0 atom stereocenters. The molecule has 63 heavy (non-hydrogen) atoms. The van der Waals surface area contributed by atoms with Gasteiger partial charge in [0, 0.05) is 60.8 Å². The Bertz CT molecular complexity index is 3540. The van der Waals surface area contributed by atoms with E-state index >= 15 is 0 Å². The fourth-order valence-corrected chi connectivity index (χ4v) is 9.37. The van der Waals surface area contributed by atoms with E-state index < -0.39 is 0 Å². The minimum Gasteiger partial charge on any atom is -0.456 e. The summed E-state index contributed by atoms with van der Waals surface area (Å²) in [4.78, 5) is 4.65. The van der Waals surface area contributed by atoms with Crippen LogP contribution in [0.4, 0.5) is 34.1 Å². The van der Waals surface area contributed by atoms with Crippen molar-refractivity contribution >= 4 is 100 Å². The van der Waals surface area contributed by atoms with Gasteiger partial charge in [-0.1, -0.05) is 157 Å². The molecule has 0 spiro atoms. The Labute approximate surface area is 369 Å².